The van der Waals surface area contributed by atoms with E-state index in [1.165, 1.54) is 0 Å². The van der Waals surface area contributed by atoms with E-state index in [4.69, 9.17) is 5.73 Å². The fraction of sp³-hybridized carbons (Fsp3) is 0.583. The lowest BCUT2D eigenvalue weighted by molar-refractivity contribution is -0.174. The summed E-state index contributed by atoms with van der Waals surface area (Å²) in [4.78, 5) is 3.97. The topological polar surface area (TPSA) is 60.2 Å². The number of rotatable bonds is 7. The zero-order valence-corrected chi connectivity index (χ0v) is 10.7. The monoisotopic (exact) mass is 277 g/mol. The Labute approximate surface area is 110 Å². The molecule has 0 saturated heterocycles. The van der Waals surface area contributed by atoms with Crippen LogP contribution in [0, 0.1) is 0 Å². The van der Waals surface area contributed by atoms with E-state index in [2.05, 4.69) is 15.0 Å². The van der Waals surface area contributed by atoms with Crippen LogP contribution in [0.4, 0.5) is 18.9 Å². The Morgan fingerprint density at radius 1 is 1.47 bits per heavy atom. The highest BCUT2D eigenvalue weighted by Crippen LogP contribution is 2.15. The number of nitrogens with one attached hydrogen (secondary N) is 1. The van der Waals surface area contributed by atoms with E-state index in [0.717, 1.165) is 5.56 Å². The summed E-state index contributed by atoms with van der Waals surface area (Å²) in [7, 11) is 1.75. The maximum atomic E-state index is 11.9. The smallest absolute Gasteiger partial charge is 0.398 e. The molecule has 1 rings (SSSR count). The lowest BCUT2D eigenvalue weighted by Gasteiger charge is -2.17. The number of nitrogens with two attached hydrogens (primary N) is 1. The minimum atomic E-state index is -4.27. The number of halogens is 3. The van der Waals surface area contributed by atoms with Crippen LogP contribution in [0.3, 0.4) is 0 Å². The number of nitrogens with zero attached hydrogens (tertiary/aromatic N) is 1. The Kier molecular flexibility index (Phi) is 6.04. The van der Waals surface area contributed by atoms with Crippen molar-refractivity contribution in [2.24, 2.45) is 0 Å². The Bertz CT molecular complexity index is 385. The molecule has 7 heteroatoms. The summed E-state index contributed by atoms with van der Waals surface area (Å²) >= 11 is 0. The van der Waals surface area contributed by atoms with Crippen LogP contribution in [-0.4, -0.2) is 37.5 Å². The van der Waals surface area contributed by atoms with Crippen LogP contribution in [0.25, 0.3) is 0 Å². The van der Waals surface area contributed by atoms with Crippen molar-refractivity contribution in [2.75, 3.05) is 26.0 Å². The molecule has 1 aromatic heterocycles. The lowest BCUT2D eigenvalue weighted by Crippen LogP contribution is -2.30. The van der Waals surface area contributed by atoms with Gasteiger partial charge in [-0.2, -0.15) is 13.2 Å². The number of pyridine rings is 1. The van der Waals surface area contributed by atoms with Gasteiger partial charge < -0.3 is 15.8 Å². The van der Waals surface area contributed by atoms with Crippen molar-refractivity contribution in [3.05, 3.63) is 24.0 Å². The van der Waals surface area contributed by atoms with E-state index < -0.39 is 12.8 Å². The molecule has 19 heavy (non-hydrogen) atoms. The van der Waals surface area contributed by atoms with E-state index in [-0.39, 0.29) is 12.6 Å². The zero-order chi connectivity index (χ0) is 14.3. The van der Waals surface area contributed by atoms with Crippen LogP contribution in [-0.2, 0) is 11.2 Å². The fourth-order valence-corrected chi connectivity index (χ4v) is 1.64. The third kappa shape index (κ3) is 6.40. The maximum absolute atomic E-state index is 11.9. The van der Waals surface area contributed by atoms with Gasteiger partial charge in [0, 0.05) is 30.7 Å². The van der Waals surface area contributed by atoms with E-state index in [1.54, 1.807) is 25.5 Å². The Morgan fingerprint density at radius 2 is 2.21 bits per heavy atom. The highest BCUT2D eigenvalue weighted by Gasteiger charge is 2.27. The first-order valence-corrected chi connectivity index (χ1v) is 5.92. The molecule has 0 spiro atoms. The molecule has 0 aliphatic rings. The zero-order valence-electron chi connectivity index (χ0n) is 10.7. The number of aromatic nitrogens is 1. The summed E-state index contributed by atoms with van der Waals surface area (Å²) < 4.78 is 40.3. The van der Waals surface area contributed by atoms with Gasteiger partial charge in [0.15, 0.2) is 0 Å². The summed E-state index contributed by atoms with van der Waals surface area (Å²) in [5, 5.41) is 3.03. The fourth-order valence-electron chi connectivity index (χ4n) is 1.64. The molecule has 1 atom stereocenters. The largest absolute Gasteiger partial charge is 0.411 e. The molecular weight excluding hydrogens is 259 g/mol. The van der Waals surface area contributed by atoms with Gasteiger partial charge in [-0.1, -0.05) is 0 Å². The molecule has 0 aliphatic carbocycles. The highest BCUT2D eigenvalue weighted by molar-refractivity contribution is 5.44. The number of hydrogen-bond acceptors (Lipinski definition) is 4. The molecule has 3 N–H and O–H groups in total. The van der Waals surface area contributed by atoms with Crippen LogP contribution < -0.4 is 11.1 Å². The third-order valence-electron chi connectivity index (χ3n) is 2.69. The van der Waals surface area contributed by atoms with Crippen molar-refractivity contribution < 1.29 is 17.9 Å². The van der Waals surface area contributed by atoms with Crippen LogP contribution in [0.5, 0.6) is 0 Å². The Morgan fingerprint density at radius 3 is 2.79 bits per heavy atom. The van der Waals surface area contributed by atoms with Gasteiger partial charge in [-0.3, -0.25) is 4.98 Å². The molecule has 1 heterocycles. The van der Waals surface area contributed by atoms with Crippen LogP contribution >= 0.6 is 0 Å². The summed E-state index contributed by atoms with van der Waals surface area (Å²) in [6, 6.07) is 1.70. The number of anilines is 1. The minimum Gasteiger partial charge on any atom is -0.398 e. The maximum Gasteiger partial charge on any atom is 0.411 e. The normalized spacial score (nSPS) is 13.5. The molecule has 0 amide bonds. The van der Waals surface area contributed by atoms with Crippen molar-refractivity contribution in [3.63, 3.8) is 0 Å². The average Bonchev–Trinajstić information content (AvgIpc) is 2.34. The highest BCUT2D eigenvalue weighted by atomic mass is 19.4. The molecule has 0 fully saturated rings. The predicted molar refractivity (Wildman–Crippen MR) is 66.7 cm³/mol. The standard InChI is InChI=1S/C12H18F3N3O/c1-17-10(3-5-19-8-12(13,14)15)6-9-7-18-4-2-11(9)16/h2,4,7,10,17H,3,5-6,8H2,1H3,(H2,16,18). The molecule has 0 aliphatic heterocycles. The molecule has 4 nitrogen and oxygen atoms in total. The van der Waals surface area contributed by atoms with Gasteiger partial charge in [-0.25, -0.2) is 0 Å². The SMILES string of the molecule is CNC(CCOCC(F)(F)F)Cc1cnccc1N. The predicted octanol–water partition coefficient (Wildman–Crippen LogP) is 1.76. The molecule has 0 radical (unpaired) electrons. The van der Waals surface area contributed by atoms with Crippen molar-refractivity contribution >= 4 is 5.69 Å². The Hall–Kier alpha value is -1.34. The number of nitrogen functional groups attached to an aromatic ring is 1. The van der Waals surface area contributed by atoms with E-state index >= 15 is 0 Å². The number of ether oxygens (including phenoxy) is 1. The molecule has 108 valence electrons. The number of likely N-dealkylation sites (N-methyl/N-ethyl adjacent to an activating group) is 1. The van der Waals surface area contributed by atoms with Crippen molar-refractivity contribution in [2.45, 2.75) is 25.1 Å². The van der Waals surface area contributed by atoms with Gasteiger partial charge in [0.05, 0.1) is 0 Å². The van der Waals surface area contributed by atoms with E-state index in [0.29, 0.717) is 18.5 Å². The van der Waals surface area contributed by atoms with Crippen molar-refractivity contribution in [3.8, 4) is 0 Å². The van der Waals surface area contributed by atoms with Gasteiger partial charge in [0.1, 0.15) is 6.61 Å². The first-order chi connectivity index (χ1) is 8.92. The average molecular weight is 277 g/mol. The number of alkyl halides is 3. The van der Waals surface area contributed by atoms with Gasteiger partial charge >= 0.3 is 6.18 Å². The third-order valence-corrected chi connectivity index (χ3v) is 2.69. The van der Waals surface area contributed by atoms with Crippen molar-refractivity contribution in [1.82, 2.24) is 10.3 Å². The number of hydrogen-bond donors (Lipinski definition) is 2. The van der Waals surface area contributed by atoms with Crippen LogP contribution in [0.15, 0.2) is 18.5 Å². The summed E-state index contributed by atoms with van der Waals surface area (Å²) in [5.41, 5.74) is 7.29. The summed E-state index contributed by atoms with van der Waals surface area (Å²) in [6.07, 6.45) is 0.0608. The minimum absolute atomic E-state index is 0.000247. The summed E-state index contributed by atoms with van der Waals surface area (Å²) in [5.74, 6) is 0. The van der Waals surface area contributed by atoms with E-state index in [9.17, 15) is 13.2 Å². The lowest BCUT2D eigenvalue weighted by atomic mass is 10.0. The second-order valence-corrected chi connectivity index (χ2v) is 4.22. The van der Waals surface area contributed by atoms with Crippen molar-refractivity contribution in [1.29, 1.82) is 0 Å². The molecule has 0 saturated carbocycles. The molecule has 1 aromatic rings. The van der Waals surface area contributed by atoms with E-state index in [1.807, 2.05) is 0 Å². The quantitative estimate of drug-likeness (QED) is 0.746. The van der Waals surface area contributed by atoms with Gasteiger partial charge in [0.25, 0.3) is 0 Å². The summed E-state index contributed by atoms with van der Waals surface area (Å²) in [6.45, 7) is -1.16. The molecular formula is C12H18F3N3O. The van der Waals surface area contributed by atoms with Gasteiger partial charge in [-0.15, -0.1) is 0 Å². The van der Waals surface area contributed by atoms with Crippen LogP contribution in [0.1, 0.15) is 12.0 Å². The Balaban J connectivity index is 2.36. The first kappa shape index (κ1) is 15.7. The molecule has 0 aromatic carbocycles. The first-order valence-electron chi connectivity index (χ1n) is 5.92. The van der Waals surface area contributed by atoms with Gasteiger partial charge in [0.2, 0.25) is 0 Å². The molecule has 0 bridgehead atoms. The van der Waals surface area contributed by atoms with Gasteiger partial charge in [-0.05, 0) is 31.5 Å². The second kappa shape index (κ2) is 7.30. The van der Waals surface area contributed by atoms with Crippen LogP contribution in [0.2, 0.25) is 0 Å². The molecule has 1 unspecified atom stereocenters. The second-order valence-electron chi connectivity index (χ2n) is 4.22.